The number of methoxy groups -OCH3 is 2. The number of amides is 2. The lowest BCUT2D eigenvalue weighted by atomic mass is 10.2. The summed E-state index contributed by atoms with van der Waals surface area (Å²) in [4.78, 5) is 11.8. The molecule has 0 heterocycles. The summed E-state index contributed by atoms with van der Waals surface area (Å²) < 4.78 is 53.9. The van der Waals surface area contributed by atoms with E-state index in [2.05, 4.69) is 10.6 Å². The van der Waals surface area contributed by atoms with Crippen LogP contribution in [0.1, 0.15) is 5.56 Å². The Morgan fingerprint density at radius 1 is 1.04 bits per heavy atom. The first kappa shape index (κ1) is 20.2. The summed E-state index contributed by atoms with van der Waals surface area (Å²) in [6, 6.07) is 8.86. The molecule has 9 heteroatoms. The van der Waals surface area contributed by atoms with E-state index in [1.807, 2.05) is 0 Å². The molecule has 2 aromatic rings. The van der Waals surface area contributed by atoms with Crippen molar-refractivity contribution in [2.24, 2.45) is 0 Å². The lowest BCUT2D eigenvalue weighted by Gasteiger charge is -2.14. The largest absolute Gasteiger partial charge is 0.493 e. The van der Waals surface area contributed by atoms with Crippen LogP contribution in [0, 0.1) is 0 Å². The highest BCUT2D eigenvalue weighted by Crippen LogP contribution is 2.36. The van der Waals surface area contributed by atoms with Gasteiger partial charge in [-0.1, -0.05) is 12.1 Å². The number of anilines is 1. The molecule has 0 atom stereocenters. The third-order valence-electron chi connectivity index (χ3n) is 3.46. The number of rotatable bonds is 7. The van der Waals surface area contributed by atoms with Gasteiger partial charge in [-0.3, -0.25) is 0 Å². The SMILES string of the molecule is COc1cccc(OCCNC(=O)Nc2cccc(C(F)(F)F)c2)c1OC. The van der Waals surface area contributed by atoms with E-state index in [0.29, 0.717) is 17.2 Å². The van der Waals surface area contributed by atoms with Crippen LogP contribution in [-0.4, -0.2) is 33.4 Å². The number of hydrogen-bond acceptors (Lipinski definition) is 4. The summed E-state index contributed by atoms with van der Waals surface area (Å²) >= 11 is 0. The Hall–Kier alpha value is -3.10. The lowest BCUT2D eigenvalue weighted by Crippen LogP contribution is -2.32. The molecule has 6 nitrogen and oxygen atoms in total. The molecule has 2 N–H and O–H groups in total. The fourth-order valence-corrected chi connectivity index (χ4v) is 2.25. The van der Waals surface area contributed by atoms with E-state index < -0.39 is 17.8 Å². The summed E-state index contributed by atoms with van der Waals surface area (Å²) in [6.07, 6.45) is -4.47. The number of carbonyl (C=O) groups is 1. The van der Waals surface area contributed by atoms with Crippen molar-refractivity contribution in [1.29, 1.82) is 0 Å². The van der Waals surface area contributed by atoms with Crippen LogP contribution in [0.2, 0.25) is 0 Å². The van der Waals surface area contributed by atoms with Gasteiger partial charge in [0.25, 0.3) is 0 Å². The van der Waals surface area contributed by atoms with Crippen LogP contribution in [0.15, 0.2) is 42.5 Å². The molecule has 0 bridgehead atoms. The number of nitrogens with one attached hydrogen (secondary N) is 2. The Bertz CT molecular complexity index is 781. The van der Waals surface area contributed by atoms with Crippen LogP contribution in [0.25, 0.3) is 0 Å². The molecule has 2 rings (SSSR count). The Morgan fingerprint density at radius 2 is 1.74 bits per heavy atom. The molecule has 0 saturated carbocycles. The minimum absolute atomic E-state index is 0.0395. The first-order chi connectivity index (χ1) is 12.8. The van der Waals surface area contributed by atoms with Crippen LogP contribution in [0.5, 0.6) is 17.2 Å². The van der Waals surface area contributed by atoms with Gasteiger partial charge < -0.3 is 24.8 Å². The number of carbonyl (C=O) groups excluding carboxylic acids is 1. The molecule has 2 aromatic carbocycles. The Morgan fingerprint density at radius 3 is 2.41 bits per heavy atom. The molecule has 0 unspecified atom stereocenters. The summed E-state index contributed by atoms with van der Waals surface area (Å²) in [5, 5.41) is 4.84. The van der Waals surface area contributed by atoms with Crippen molar-refractivity contribution in [2.45, 2.75) is 6.18 Å². The molecule has 2 amide bonds. The van der Waals surface area contributed by atoms with Crippen LogP contribution in [0.4, 0.5) is 23.7 Å². The van der Waals surface area contributed by atoms with Crippen molar-refractivity contribution >= 4 is 11.7 Å². The van der Waals surface area contributed by atoms with Crippen LogP contribution in [0.3, 0.4) is 0 Å². The molecule has 0 aliphatic carbocycles. The molecule has 0 aliphatic heterocycles. The molecular formula is C18H19F3N2O4. The third kappa shape index (κ3) is 5.70. The molecule has 0 radical (unpaired) electrons. The van der Waals surface area contributed by atoms with Crippen LogP contribution < -0.4 is 24.8 Å². The van der Waals surface area contributed by atoms with Crippen molar-refractivity contribution in [3.8, 4) is 17.2 Å². The van der Waals surface area contributed by atoms with E-state index in [9.17, 15) is 18.0 Å². The molecular weight excluding hydrogens is 365 g/mol. The standard InChI is InChI=1S/C18H19F3N2O4/c1-25-14-7-4-8-15(16(14)26-2)27-10-9-22-17(24)23-13-6-3-5-12(11-13)18(19,20)21/h3-8,11H,9-10H2,1-2H3,(H2,22,23,24). The molecule has 27 heavy (non-hydrogen) atoms. The number of urea groups is 1. The maximum absolute atomic E-state index is 12.7. The van der Waals surface area contributed by atoms with Crippen molar-refractivity contribution < 1.29 is 32.2 Å². The molecule has 0 aliphatic rings. The van der Waals surface area contributed by atoms with Crippen molar-refractivity contribution in [2.75, 3.05) is 32.7 Å². The number of benzene rings is 2. The quantitative estimate of drug-likeness (QED) is 0.710. The van der Waals surface area contributed by atoms with Crippen molar-refractivity contribution in [1.82, 2.24) is 5.32 Å². The maximum atomic E-state index is 12.7. The highest BCUT2D eigenvalue weighted by Gasteiger charge is 2.30. The lowest BCUT2D eigenvalue weighted by molar-refractivity contribution is -0.137. The number of alkyl halides is 3. The third-order valence-corrected chi connectivity index (χ3v) is 3.46. The summed E-state index contributed by atoms with van der Waals surface area (Å²) in [6.45, 7) is 0.255. The van der Waals surface area contributed by atoms with Gasteiger partial charge in [0, 0.05) is 5.69 Å². The fourth-order valence-electron chi connectivity index (χ4n) is 2.25. The van der Waals surface area contributed by atoms with E-state index in [4.69, 9.17) is 14.2 Å². The van der Waals surface area contributed by atoms with Gasteiger partial charge in [0.2, 0.25) is 5.75 Å². The summed E-state index contributed by atoms with van der Waals surface area (Å²) in [5.74, 6) is 1.37. The first-order valence-electron chi connectivity index (χ1n) is 7.91. The molecule has 0 fully saturated rings. The van der Waals surface area contributed by atoms with Crippen LogP contribution in [-0.2, 0) is 6.18 Å². The number of halogens is 3. The van der Waals surface area contributed by atoms with Gasteiger partial charge >= 0.3 is 12.2 Å². The zero-order valence-electron chi connectivity index (χ0n) is 14.7. The maximum Gasteiger partial charge on any atom is 0.416 e. The molecule has 0 aromatic heterocycles. The average Bonchev–Trinajstić information content (AvgIpc) is 2.64. The van der Waals surface area contributed by atoms with E-state index in [0.717, 1.165) is 12.1 Å². The number of para-hydroxylation sites is 1. The van der Waals surface area contributed by atoms with Crippen molar-refractivity contribution in [3.05, 3.63) is 48.0 Å². The number of ether oxygens (including phenoxy) is 3. The van der Waals surface area contributed by atoms with Gasteiger partial charge in [0.05, 0.1) is 26.3 Å². The second kappa shape index (κ2) is 9.02. The smallest absolute Gasteiger partial charge is 0.416 e. The fraction of sp³-hybridized carbons (Fsp3) is 0.278. The molecule has 0 spiro atoms. The molecule has 0 saturated heterocycles. The van der Waals surface area contributed by atoms with Gasteiger partial charge in [-0.2, -0.15) is 13.2 Å². The Kier molecular flexibility index (Phi) is 6.75. The zero-order valence-corrected chi connectivity index (χ0v) is 14.7. The van der Waals surface area contributed by atoms with E-state index in [1.54, 1.807) is 18.2 Å². The van der Waals surface area contributed by atoms with Crippen molar-refractivity contribution in [3.63, 3.8) is 0 Å². The highest BCUT2D eigenvalue weighted by atomic mass is 19.4. The normalized spacial score (nSPS) is 10.9. The highest BCUT2D eigenvalue weighted by molar-refractivity contribution is 5.89. The monoisotopic (exact) mass is 384 g/mol. The van der Waals surface area contributed by atoms with E-state index in [-0.39, 0.29) is 18.8 Å². The second-order valence-electron chi connectivity index (χ2n) is 5.30. The average molecular weight is 384 g/mol. The number of hydrogen-bond donors (Lipinski definition) is 2. The van der Waals surface area contributed by atoms with Gasteiger partial charge in [0.15, 0.2) is 11.5 Å². The summed E-state index contributed by atoms with van der Waals surface area (Å²) in [7, 11) is 2.98. The topological polar surface area (TPSA) is 68.8 Å². The van der Waals surface area contributed by atoms with E-state index in [1.165, 1.54) is 26.4 Å². The van der Waals surface area contributed by atoms with Gasteiger partial charge in [-0.05, 0) is 30.3 Å². The Balaban J connectivity index is 1.84. The minimum Gasteiger partial charge on any atom is -0.493 e. The van der Waals surface area contributed by atoms with Gasteiger partial charge in [0.1, 0.15) is 6.61 Å². The Labute approximate surface area is 154 Å². The second-order valence-corrected chi connectivity index (χ2v) is 5.30. The minimum atomic E-state index is -4.47. The molecule has 146 valence electrons. The predicted molar refractivity (Wildman–Crippen MR) is 93.5 cm³/mol. The zero-order chi connectivity index (χ0) is 19.9. The van der Waals surface area contributed by atoms with Gasteiger partial charge in [-0.25, -0.2) is 4.79 Å². The first-order valence-corrected chi connectivity index (χ1v) is 7.91. The van der Waals surface area contributed by atoms with E-state index >= 15 is 0 Å². The predicted octanol–water partition coefficient (Wildman–Crippen LogP) is 3.92. The summed E-state index contributed by atoms with van der Waals surface area (Å²) in [5.41, 5.74) is -0.800. The van der Waals surface area contributed by atoms with Gasteiger partial charge in [-0.15, -0.1) is 0 Å². The van der Waals surface area contributed by atoms with Crippen LogP contribution >= 0.6 is 0 Å².